The van der Waals surface area contributed by atoms with Crippen molar-refractivity contribution in [1.82, 2.24) is 14.9 Å². The number of hydrogen-bond donors (Lipinski definition) is 1. The second kappa shape index (κ2) is 3.06. The van der Waals surface area contributed by atoms with Crippen molar-refractivity contribution in [2.75, 3.05) is 17.7 Å². The van der Waals surface area contributed by atoms with E-state index in [0.717, 1.165) is 29.0 Å². The average Bonchev–Trinajstić information content (AvgIpc) is 2.85. The van der Waals surface area contributed by atoms with Gasteiger partial charge in [0, 0.05) is 12.3 Å². The maximum absolute atomic E-state index is 5.27. The second-order valence-electron chi connectivity index (χ2n) is 2.88. The number of aromatic nitrogens is 3. The van der Waals surface area contributed by atoms with Crippen LogP contribution in [0.4, 0.5) is 0 Å². The van der Waals surface area contributed by atoms with Crippen LogP contribution in [-0.4, -0.2) is 27.2 Å². The summed E-state index contributed by atoms with van der Waals surface area (Å²) in [6.45, 7) is 0.920. The largest absolute Gasteiger partial charge is 0.461 e. The number of hydrogen-bond acceptors (Lipinski definition) is 5. The minimum Gasteiger partial charge on any atom is -0.461 e. The summed E-state index contributed by atoms with van der Waals surface area (Å²) < 4.78 is 7.14. The van der Waals surface area contributed by atoms with Gasteiger partial charge < -0.3 is 9.84 Å². The number of nitrogens with zero attached hydrogens (tertiary/aromatic N) is 3. The smallest absolute Gasteiger partial charge is 0.219 e. The molecule has 0 spiro atoms. The van der Waals surface area contributed by atoms with Crippen molar-refractivity contribution in [3.8, 4) is 11.6 Å². The molecule has 1 aliphatic rings. The molecule has 0 amide bonds. The van der Waals surface area contributed by atoms with Crippen LogP contribution in [0.3, 0.4) is 0 Å². The molecule has 14 heavy (non-hydrogen) atoms. The SMILES string of the molecule is c1coc(-c2nnc3n2NCCS3)c1. The van der Waals surface area contributed by atoms with Crippen LogP contribution in [0.25, 0.3) is 11.6 Å². The van der Waals surface area contributed by atoms with E-state index in [1.54, 1.807) is 18.0 Å². The molecule has 6 heteroatoms. The number of nitrogens with one attached hydrogen (secondary N) is 1. The van der Waals surface area contributed by atoms with Crippen LogP contribution in [0.15, 0.2) is 28.0 Å². The van der Waals surface area contributed by atoms with E-state index in [1.807, 2.05) is 16.8 Å². The number of rotatable bonds is 1. The molecule has 1 N–H and O–H groups in total. The summed E-state index contributed by atoms with van der Waals surface area (Å²) in [7, 11) is 0. The zero-order valence-corrected chi connectivity index (χ0v) is 8.12. The zero-order valence-electron chi connectivity index (χ0n) is 7.30. The van der Waals surface area contributed by atoms with Gasteiger partial charge in [-0.1, -0.05) is 11.8 Å². The fraction of sp³-hybridized carbons (Fsp3) is 0.250. The quantitative estimate of drug-likeness (QED) is 0.762. The molecule has 0 atom stereocenters. The lowest BCUT2D eigenvalue weighted by atomic mass is 10.4. The Morgan fingerprint density at radius 2 is 2.50 bits per heavy atom. The molecule has 2 aromatic heterocycles. The van der Waals surface area contributed by atoms with Gasteiger partial charge >= 0.3 is 0 Å². The van der Waals surface area contributed by atoms with Gasteiger partial charge in [-0.05, 0) is 12.1 Å². The lowest BCUT2D eigenvalue weighted by Crippen LogP contribution is -2.23. The van der Waals surface area contributed by atoms with E-state index in [1.165, 1.54) is 0 Å². The molecule has 3 rings (SSSR count). The van der Waals surface area contributed by atoms with E-state index in [9.17, 15) is 0 Å². The van der Waals surface area contributed by atoms with Crippen molar-refractivity contribution in [2.24, 2.45) is 0 Å². The van der Waals surface area contributed by atoms with E-state index < -0.39 is 0 Å². The Kier molecular flexibility index (Phi) is 1.73. The Bertz CT molecular complexity index is 436. The van der Waals surface area contributed by atoms with Crippen LogP contribution in [0.5, 0.6) is 0 Å². The highest BCUT2D eigenvalue weighted by Gasteiger charge is 2.18. The normalized spacial score (nSPS) is 14.9. The van der Waals surface area contributed by atoms with E-state index >= 15 is 0 Å². The third-order valence-corrected chi connectivity index (χ3v) is 2.91. The van der Waals surface area contributed by atoms with Crippen LogP contribution in [0.1, 0.15) is 0 Å². The Labute approximate surface area is 84.5 Å². The molecule has 3 heterocycles. The van der Waals surface area contributed by atoms with Crippen molar-refractivity contribution < 1.29 is 4.42 Å². The van der Waals surface area contributed by atoms with Crippen molar-refractivity contribution in [2.45, 2.75) is 5.16 Å². The maximum atomic E-state index is 5.27. The molecular formula is C8H8N4OS. The highest BCUT2D eigenvalue weighted by atomic mass is 32.2. The molecule has 0 saturated heterocycles. The molecule has 1 aliphatic heterocycles. The predicted molar refractivity (Wildman–Crippen MR) is 52.7 cm³/mol. The lowest BCUT2D eigenvalue weighted by molar-refractivity contribution is 0.572. The van der Waals surface area contributed by atoms with E-state index in [0.29, 0.717) is 0 Å². The molecule has 0 saturated carbocycles. The van der Waals surface area contributed by atoms with Crippen LogP contribution in [-0.2, 0) is 0 Å². The maximum Gasteiger partial charge on any atom is 0.219 e. The molecule has 72 valence electrons. The monoisotopic (exact) mass is 208 g/mol. The average molecular weight is 208 g/mol. The standard InChI is InChI=1S/C8H8N4OS/c1-2-6(13-4-1)7-10-11-8-12(7)9-3-5-14-8/h1-2,4,9H,3,5H2. The van der Waals surface area contributed by atoms with Gasteiger partial charge in [0.2, 0.25) is 11.0 Å². The van der Waals surface area contributed by atoms with Gasteiger partial charge in [-0.2, -0.15) is 0 Å². The molecule has 0 aliphatic carbocycles. The van der Waals surface area contributed by atoms with E-state index in [2.05, 4.69) is 15.6 Å². The van der Waals surface area contributed by atoms with E-state index in [-0.39, 0.29) is 0 Å². The summed E-state index contributed by atoms with van der Waals surface area (Å²) in [5.41, 5.74) is 3.21. The molecule has 0 bridgehead atoms. The highest BCUT2D eigenvalue weighted by molar-refractivity contribution is 7.99. The van der Waals surface area contributed by atoms with Gasteiger partial charge in [-0.25, -0.2) is 4.68 Å². The summed E-state index contributed by atoms with van der Waals surface area (Å²) in [6.07, 6.45) is 1.63. The molecule has 0 aromatic carbocycles. The Morgan fingerprint density at radius 3 is 3.36 bits per heavy atom. The first-order valence-electron chi connectivity index (χ1n) is 4.31. The summed E-state index contributed by atoms with van der Waals surface area (Å²) in [4.78, 5) is 0. The molecule has 0 fully saturated rings. The minimum atomic E-state index is 0.734. The van der Waals surface area contributed by atoms with Gasteiger partial charge in [0.25, 0.3) is 0 Å². The first-order chi connectivity index (χ1) is 6.95. The Hall–Kier alpha value is -1.43. The van der Waals surface area contributed by atoms with E-state index in [4.69, 9.17) is 4.42 Å². The van der Waals surface area contributed by atoms with Crippen LogP contribution in [0.2, 0.25) is 0 Å². The fourth-order valence-corrected chi connectivity index (χ4v) is 2.13. The number of furan rings is 1. The van der Waals surface area contributed by atoms with Crippen LogP contribution >= 0.6 is 11.8 Å². The third kappa shape index (κ3) is 1.11. The molecular weight excluding hydrogens is 200 g/mol. The molecule has 5 nitrogen and oxygen atoms in total. The summed E-state index contributed by atoms with van der Waals surface area (Å²) >= 11 is 1.69. The molecule has 0 radical (unpaired) electrons. The number of fused-ring (bicyclic) bond motifs is 1. The molecule has 2 aromatic rings. The van der Waals surface area contributed by atoms with Gasteiger partial charge in [-0.3, -0.25) is 0 Å². The van der Waals surface area contributed by atoms with Gasteiger partial charge in [-0.15, -0.1) is 10.2 Å². The lowest BCUT2D eigenvalue weighted by Gasteiger charge is -2.15. The predicted octanol–water partition coefficient (Wildman–Crippen LogP) is 1.19. The van der Waals surface area contributed by atoms with Crippen molar-refractivity contribution in [1.29, 1.82) is 0 Å². The van der Waals surface area contributed by atoms with Gasteiger partial charge in [0.05, 0.1) is 6.26 Å². The van der Waals surface area contributed by atoms with Crippen molar-refractivity contribution in [3.63, 3.8) is 0 Å². The Balaban J connectivity index is 2.11. The summed E-state index contributed by atoms with van der Waals surface area (Å²) in [6, 6.07) is 3.71. The first-order valence-corrected chi connectivity index (χ1v) is 5.30. The Morgan fingerprint density at radius 1 is 1.50 bits per heavy atom. The van der Waals surface area contributed by atoms with Crippen LogP contribution in [0, 0.1) is 0 Å². The second-order valence-corrected chi connectivity index (χ2v) is 3.94. The topological polar surface area (TPSA) is 55.9 Å². The van der Waals surface area contributed by atoms with Crippen molar-refractivity contribution >= 4 is 11.8 Å². The summed E-state index contributed by atoms with van der Waals surface area (Å²) in [5, 5.41) is 9.03. The fourth-order valence-electron chi connectivity index (χ4n) is 1.37. The van der Waals surface area contributed by atoms with Crippen LogP contribution < -0.4 is 5.43 Å². The van der Waals surface area contributed by atoms with Gasteiger partial charge in [0.15, 0.2) is 5.76 Å². The van der Waals surface area contributed by atoms with Crippen molar-refractivity contribution in [3.05, 3.63) is 18.4 Å². The van der Waals surface area contributed by atoms with Gasteiger partial charge in [0.1, 0.15) is 0 Å². The number of thioether (sulfide) groups is 1. The molecule has 0 unspecified atom stereocenters. The third-order valence-electron chi connectivity index (χ3n) is 1.98. The highest BCUT2D eigenvalue weighted by Crippen LogP contribution is 2.24. The summed E-state index contributed by atoms with van der Waals surface area (Å²) in [5.74, 6) is 2.49. The minimum absolute atomic E-state index is 0.734. The first kappa shape index (κ1) is 7.93. The zero-order chi connectivity index (χ0) is 9.38.